The number of nitrogens with one attached hydrogen (secondary N) is 1. The predicted molar refractivity (Wildman–Crippen MR) is 66.2 cm³/mol. The van der Waals surface area contributed by atoms with Crippen LogP contribution in [-0.2, 0) is 0 Å². The number of amides is 1. The number of aliphatic hydroxyl groups is 1. The van der Waals surface area contributed by atoms with E-state index in [9.17, 15) is 9.90 Å². The normalized spacial score (nSPS) is 24.1. The summed E-state index contributed by atoms with van der Waals surface area (Å²) in [5.74, 6) is 0.162. The molecule has 2 rings (SSSR count). The zero-order chi connectivity index (χ0) is 13.1. The van der Waals surface area contributed by atoms with Gasteiger partial charge in [0.15, 0.2) is 0 Å². The molecule has 1 aromatic heterocycles. The van der Waals surface area contributed by atoms with Gasteiger partial charge in [0.1, 0.15) is 11.4 Å². The maximum Gasteiger partial charge on any atom is 0.270 e. The summed E-state index contributed by atoms with van der Waals surface area (Å²) in [5, 5.41) is 21.3. The minimum atomic E-state index is -0.233. The van der Waals surface area contributed by atoms with Crippen LogP contribution in [0, 0.1) is 5.92 Å². The van der Waals surface area contributed by atoms with Crippen LogP contribution in [0.2, 0.25) is 0 Å². The van der Waals surface area contributed by atoms with E-state index in [1.165, 1.54) is 18.3 Å². The van der Waals surface area contributed by atoms with Crippen molar-refractivity contribution in [3.8, 4) is 5.75 Å². The lowest BCUT2D eigenvalue weighted by Crippen LogP contribution is -2.46. The van der Waals surface area contributed by atoms with Crippen molar-refractivity contribution < 1.29 is 15.0 Å². The third kappa shape index (κ3) is 2.79. The molecule has 1 heterocycles. The van der Waals surface area contributed by atoms with Crippen LogP contribution in [0.1, 0.15) is 36.7 Å². The lowest BCUT2D eigenvalue weighted by molar-refractivity contribution is 0.0232. The van der Waals surface area contributed by atoms with E-state index in [0.29, 0.717) is 11.6 Å². The van der Waals surface area contributed by atoms with Crippen molar-refractivity contribution in [1.29, 1.82) is 0 Å². The molecular weight excluding hydrogens is 232 g/mol. The molecule has 0 aliphatic heterocycles. The van der Waals surface area contributed by atoms with E-state index >= 15 is 0 Å². The summed E-state index contributed by atoms with van der Waals surface area (Å²) >= 11 is 0. The SMILES string of the molecule is CC[C@H](NC(=O)c1ccc(O)cn1)C1CC(O)C1. The van der Waals surface area contributed by atoms with Gasteiger partial charge in [-0.2, -0.15) is 0 Å². The predicted octanol–water partition coefficient (Wildman–Crippen LogP) is 1.07. The maximum absolute atomic E-state index is 11.9. The van der Waals surface area contributed by atoms with Crippen LogP contribution < -0.4 is 5.32 Å². The molecule has 1 saturated carbocycles. The van der Waals surface area contributed by atoms with E-state index in [0.717, 1.165) is 19.3 Å². The summed E-state index contributed by atoms with van der Waals surface area (Å²) in [5.41, 5.74) is 0.297. The van der Waals surface area contributed by atoms with Gasteiger partial charge in [0, 0.05) is 6.04 Å². The molecule has 0 spiro atoms. The van der Waals surface area contributed by atoms with Gasteiger partial charge < -0.3 is 15.5 Å². The molecule has 0 aromatic carbocycles. The first-order valence-corrected chi connectivity index (χ1v) is 6.24. The molecule has 5 nitrogen and oxygen atoms in total. The third-order valence-electron chi connectivity index (χ3n) is 3.46. The Kier molecular flexibility index (Phi) is 3.81. The van der Waals surface area contributed by atoms with Gasteiger partial charge in [-0.3, -0.25) is 4.79 Å². The zero-order valence-electron chi connectivity index (χ0n) is 10.3. The standard InChI is InChI=1S/C13H18N2O3/c1-2-11(8-5-10(17)6-8)15-13(18)12-4-3-9(16)7-14-12/h3-4,7-8,10-11,16-17H,2,5-6H2,1H3,(H,15,18)/t8?,10?,11-/m0/s1. The molecule has 1 fully saturated rings. The van der Waals surface area contributed by atoms with Gasteiger partial charge in [0.25, 0.3) is 5.91 Å². The van der Waals surface area contributed by atoms with E-state index in [1.54, 1.807) is 0 Å². The number of pyridine rings is 1. The van der Waals surface area contributed by atoms with Gasteiger partial charge in [-0.1, -0.05) is 6.92 Å². The number of rotatable bonds is 4. The highest BCUT2D eigenvalue weighted by Crippen LogP contribution is 2.31. The molecular formula is C13H18N2O3. The van der Waals surface area contributed by atoms with Crippen molar-refractivity contribution in [2.75, 3.05) is 0 Å². The van der Waals surface area contributed by atoms with Gasteiger partial charge in [0.05, 0.1) is 12.3 Å². The second-order valence-corrected chi connectivity index (χ2v) is 4.78. The monoisotopic (exact) mass is 250 g/mol. The largest absolute Gasteiger partial charge is 0.506 e. The number of hydrogen-bond acceptors (Lipinski definition) is 4. The van der Waals surface area contributed by atoms with Crippen molar-refractivity contribution in [3.63, 3.8) is 0 Å². The Balaban J connectivity index is 1.95. The Morgan fingerprint density at radius 2 is 2.28 bits per heavy atom. The van der Waals surface area contributed by atoms with E-state index in [4.69, 9.17) is 5.11 Å². The highest BCUT2D eigenvalue weighted by atomic mass is 16.3. The van der Waals surface area contributed by atoms with Gasteiger partial charge in [-0.15, -0.1) is 0 Å². The fraction of sp³-hybridized carbons (Fsp3) is 0.538. The van der Waals surface area contributed by atoms with Crippen LogP contribution in [0.5, 0.6) is 5.75 Å². The molecule has 3 N–H and O–H groups in total. The average Bonchev–Trinajstić information content (AvgIpc) is 2.33. The van der Waals surface area contributed by atoms with Gasteiger partial charge in [0.2, 0.25) is 0 Å². The molecule has 0 radical (unpaired) electrons. The quantitative estimate of drug-likeness (QED) is 0.746. The van der Waals surface area contributed by atoms with Crippen LogP contribution in [-0.4, -0.2) is 33.3 Å². The second kappa shape index (κ2) is 5.35. The Hall–Kier alpha value is -1.62. The smallest absolute Gasteiger partial charge is 0.270 e. The molecule has 1 aromatic rings. The Labute approximate surface area is 106 Å². The molecule has 1 aliphatic rings. The summed E-state index contributed by atoms with van der Waals surface area (Å²) in [4.78, 5) is 15.8. The minimum Gasteiger partial charge on any atom is -0.506 e. The Morgan fingerprint density at radius 3 is 2.78 bits per heavy atom. The number of carbonyl (C=O) groups is 1. The van der Waals surface area contributed by atoms with E-state index < -0.39 is 0 Å². The molecule has 0 bridgehead atoms. The van der Waals surface area contributed by atoms with Crippen molar-refractivity contribution in [2.24, 2.45) is 5.92 Å². The van der Waals surface area contributed by atoms with Gasteiger partial charge >= 0.3 is 0 Å². The first kappa shape index (κ1) is 12.8. The van der Waals surface area contributed by atoms with Crippen molar-refractivity contribution in [2.45, 2.75) is 38.3 Å². The summed E-state index contributed by atoms with van der Waals surface area (Å²) in [6, 6.07) is 3.01. The molecule has 1 aliphatic carbocycles. The summed E-state index contributed by atoms with van der Waals surface area (Å²) < 4.78 is 0. The fourth-order valence-electron chi connectivity index (χ4n) is 2.27. The highest BCUT2D eigenvalue weighted by molar-refractivity contribution is 5.92. The van der Waals surface area contributed by atoms with Crippen LogP contribution in [0.3, 0.4) is 0 Å². The highest BCUT2D eigenvalue weighted by Gasteiger charge is 2.33. The van der Waals surface area contributed by atoms with Crippen molar-refractivity contribution >= 4 is 5.91 Å². The lowest BCUT2D eigenvalue weighted by atomic mass is 9.76. The number of aromatic hydroxyl groups is 1. The molecule has 18 heavy (non-hydrogen) atoms. The molecule has 0 saturated heterocycles. The van der Waals surface area contributed by atoms with Crippen LogP contribution in [0.25, 0.3) is 0 Å². The fourth-order valence-corrected chi connectivity index (χ4v) is 2.27. The number of aromatic nitrogens is 1. The topological polar surface area (TPSA) is 82.5 Å². The van der Waals surface area contributed by atoms with E-state index in [2.05, 4.69) is 10.3 Å². The molecule has 98 valence electrons. The lowest BCUT2D eigenvalue weighted by Gasteiger charge is -2.37. The molecule has 0 unspecified atom stereocenters. The molecule has 1 amide bonds. The summed E-state index contributed by atoms with van der Waals surface area (Å²) in [6.45, 7) is 2.01. The van der Waals surface area contributed by atoms with Crippen LogP contribution in [0.4, 0.5) is 0 Å². The maximum atomic E-state index is 11.9. The summed E-state index contributed by atoms with van der Waals surface area (Å²) in [7, 11) is 0. The van der Waals surface area contributed by atoms with E-state index in [1.807, 2.05) is 6.92 Å². The average molecular weight is 250 g/mol. The van der Waals surface area contributed by atoms with Crippen molar-refractivity contribution in [3.05, 3.63) is 24.0 Å². The Morgan fingerprint density at radius 1 is 1.56 bits per heavy atom. The van der Waals surface area contributed by atoms with Gasteiger partial charge in [-0.25, -0.2) is 4.98 Å². The van der Waals surface area contributed by atoms with Crippen LogP contribution >= 0.6 is 0 Å². The third-order valence-corrected chi connectivity index (χ3v) is 3.46. The first-order chi connectivity index (χ1) is 8.60. The number of carbonyl (C=O) groups excluding carboxylic acids is 1. The van der Waals surface area contributed by atoms with Crippen molar-refractivity contribution in [1.82, 2.24) is 10.3 Å². The number of nitrogens with zero attached hydrogens (tertiary/aromatic N) is 1. The Bertz CT molecular complexity index is 413. The number of aliphatic hydroxyl groups excluding tert-OH is 1. The van der Waals surface area contributed by atoms with Gasteiger partial charge in [-0.05, 0) is 37.3 Å². The molecule has 5 heteroatoms. The first-order valence-electron chi connectivity index (χ1n) is 6.24. The minimum absolute atomic E-state index is 0.0423. The second-order valence-electron chi connectivity index (χ2n) is 4.78. The summed E-state index contributed by atoms with van der Waals surface area (Å²) in [6.07, 6.45) is 3.38. The molecule has 1 atom stereocenters. The van der Waals surface area contributed by atoms with Crippen LogP contribution in [0.15, 0.2) is 18.3 Å². The number of hydrogen-bond donors (Lipinski definition) is 3. The zero-order valence-corrected chi connectivity index (χ0v) is 10.3. The van der Waals surface area contributed by atoms with E-state index in [-0.39, 0.29) is 23.8 Å².